The Labute approximate surface area is 75.9 Å². The molecular weight excluding hydrogens is 176 g/mol. The number of carboxylic acids is 1. The summed E-state index contributed by atoms with van der Waals surface area (Å²) in [7, 11) is 1.69. The number of hydrogen-bond acceptors (Lipinski definition) is 4. The van der Waals surface area contributed by atoms with E-state index in [1.807, 2.05) is 0 Å². The molecule has 0 radical (unpaired) electrons. The molecule has 0 aromatic rings. The minimum absolute atomic E-state index is 0.195. The van der Waals surface area contributed by atoms with Crippen molar-refractivity contribution < 1.29 is 19.8 Å². The lowest BCUT2D eigenvalue weighted by atomic mass is 10.3. The van der Waals surface area contributed by atoms with Crippen molar-refractivity contribution >= 4 is 11.9 Å². The Balaban J connectivity index is 3.80. The van der Waals surface area contributed by atoms with Crippen LogP contribution in [0.4, 0.5) is 0 Å². The van der Waals surface area contributed by atoms with E-state index in [0.717, 1.165) is 0 Å². The number of rotatable bonds is 6. The fourth-order valence-corrected chi connectivity index (χ4v) is 0.691. The van der Waals surface area contributed by atoms with Gasteiger partial charge < -0.3 is 20.8 Å². The summed E-state index contributed by atoms with van der Waals surface area (Å²) < 4.78 is 0. The van der Waals surface area contributed by atoms with Gasteiger partial charge in [0.15, 0.2) is 0 Å². The first-order chi connectivity index (χ1) is 6.11. The molecule has 0 aliphatic carbocycles. The molecule has 4 N–H and O–H groups in total. The van der Waals surface area contributed by atoms with Crippen molar-refractivity contribution in [3.63, 3.8) is 0 Å². The van der Waals surface area contributed by atoms with Crippen molar-refractivity contribution in [3.8, 4) is 0 Å². The molecule has 6 nitrogen and oxygen atoms in total. The van der Waals surface area contributed by atoms with Crippen LogP contribution in [0, 0.1) is 0 Å². The van der Waals surface area contributed by atoms with Crippen LogP contribution in [-0.2, 0) is 9.59 Å². The monoisotopic (exact) mass is 190 g/mol. The van der Waals surface area contributed by atoms with E-state index in [1.54, 1.807) is 7.05 Å². The van der Waals surface area contributed by atoms with Crippen LogP contribution in [0.2, 0.25) is 0 Å². The molecule has 0 aromatic heterocycles. The van der Waals surface area contributed by atoms with Gasteiger partial charge in [0.05, 0.1) is 6.61 Å². The van der Waals surface area contributed by atoms with Crippen LogP contribution < -0.4 is 10.6 Å². The smallest absolute Gasteiger partial charge is 0.328 e. The van der Waals surface area contributed by atoms with Gasteiger partial charge in [0.2, 0.25) is 5.91 Å². The highest BCUT2D eigenvalue weighted by atomic mass is 16.4. The first-order valence-corrected chi connectivity index (χ1v) is 3.89. The molecular formula is C7H14N2O4. The third-order valence-electron chi connectivity index (χ3n) is 1.42. The van der Waals surface area contributed by atoms with Crippen LogP contribution >= 0.6 is 0 Å². The second kappa shape index (κ2) is 6.38. The molecule has 0 saturated carbocycles. The van der Waals surface area contributed by atoms with Crippen molar-refractivity contribution in [2.75, 3.05) is 20.2 Å². The van der Waals surface area contributed by atoms with E-state index < -0.39 is 24.5 Å². The van der Waals surface area contributed by atoms with Crippen LogP contribution in [0.25, 0.3) is 0 Å². The predicted octanol–water partition coefficient (Wildman–Crippen LogP) is -1.84. The Kier molecular flexibility index (Phi) is 5.82. The Morgan fingerprint density at radius 2 is 2.08 bits per heavy atom. The Hall–Kier alpha value is -1.14. The minimum Gasteiger partial charge on any atom is -0.480 e. The van der Waals surface area contributed by atoms with Crippen molar-refractivity contribution in [1.82, 2.24) is 10.6 Å². The summed E-state index contributed by atoms with van der Waals surface area (Å²) in [5, 5.41) is 21.9. The fraction of sp³-hybridized carbons (Fsp3) is 0.714. The first-order valence-electron chi connectivity index (χ1n) is 3.89. The Bertz CT molecular complexity index is 183. The summed E-state index contributed by atoms with van der Waals surface area (Å²) in [6.07, 6.45) is 0.195. The number of carbonyl (C=O) groups excluding carboxylic acids is 1. The molecule has 1 atom stereocenters. The average molecular weight is 190 g/mol. The standard InChI is InChI=1S/C7H14N2O4/c1-8-3-2-6(11)9-5(4-10)7(12)13/h5,8,10H,2-4H2,1H3,(H,9,11)(H,12,13)/t5-/m0/s1. The average Bonchev–Trinajstić information content (AvgIpc) is 2.10. The van der Waals surface area contributed by atoms with Gasteiger partial charge in [-0.15, -0.1) is 0 Å². The maximum absolute atomic E-state index is 11.0. The summed E-state index contributed by atoms with van der Waals surface area (Å²) in [5.41, 5.74) is 0. The number of aliphatic hydroxyl groups excluding tert-OH is 1. The molecule has 13 heavy (non-hydrogen) atoms. The highest BCUT2D eigenvalue weighted by Gasteiger charge is 2.17. The zero-order chi connectivity index (χ0) is 10.3. The third-order valence-corrected chi connectivity index (χ3v) is 1.42. The minimum atomic E-state index is -1.24. The fourth-order valence-electron chi connectivity index (χ4n) is 0.691. The zero-order valence-electron chi connectivity index (χ0n) is 7.41. The van der Waals surface area contributed by atoms with E-state index in [0.29, 0.717) is 6.54 Å². The van der Waals surface area contributed by atoms with Crippen LogP contribution in [0.5, 0.6) is 0 Å². The van der Waals surface area contributed by atoms with Crippen LogP contribution in [0.3, 0.4) is 0 Å². The quantitative estimate of drug-likeness (QED) is 0.394. The second-order valence-electron chi connectivity index (χ2n) is 2.49. The number of amides is 1. The van der Waals surface area contributed by atoms with Crippen LogP contribution in [0.1, 0.15) is 6.42 Å². The van der Waals surface area contributed by atoms with Crippen molar-refractivity contribution in [2.45, 2.75) is 12.5 Å². The topological polar surface area (TPSA) is 98.7 Å². The van der Waals surface area contributed by atoms with Gasteiger partial charge in [-0.1, -0.05) is 0 Å². The lowest BCUT2D eigenvalue weighted by Crippen LogP contribution is -2.43. The van der Waals surface area contributed by atoms with Gasteiger partial charge in [-0.3, -0.25) is 4.79 Å². The highest BCUT2D eigenvalue weighted by molar-refractivity contribution is 5.83. The van der Waals surface area contributed by atoms with Crippen molar-refractivity contribution in [2.24, 2.45) is 0 Å². The lowest BCUT2D eigenvalue weighted by Gasteiger charge is -2.10. The molecule has 6 heteroatoms. The van der Waals surface area contributed by atoms with E-state index in [1.165, 1.54) is 0 Å². The van der Waals surface area contributed by atoms with Crippen molar-refractivity contribution in [1.29, 1.82) is 0 Å². The molecule has 0 bridgehead atoms. The molecule has 0 rings (SSSR count). The maximum Gasteiger partial charge on any atom is 0.328 e. The number of carboxylic acid groups (broad SMARTS) is 1. The summed E-state index contributed by atoms with van der Waals surface area (Å²) in [4.78, 5) is 21.3. The molecule has 0 saturated heterocycles. The second-order valence-corrected chi connectivity index (χ2v) is 2.49. The van der Waals surface area contributed by atoms with Crippen LogP contribution in [0.15, 0.2) is 0 Å². The summed E-state index contributed by atoms with van der Waals surface area (Å²) in [5.74, 6) is -1.63. The summed E-state index contributed by atoms with van der Waals surface area (Å²) in [6.45, 7) is -0.121. The summed E-state index contributed by atoms with van der Waals surface area (Å²) in [6, 6.07) is -1.20. The largest absolute Gasteiger partial charge is 0.480 e. The van der Waals surface area contributed by atoms with E-state index in [2.05, 4.69) is 10.6 Å². The number of carbonyl (C=O) groups is 2. The molecule has 0 fully saturated rings. The molecule has 0 aromatic carbocycles. The molecule has 0 spiro atoms. The van der Waals surface area contributed by atoms with Gasteiger partial charge in [0.1, 0.15) is 6.04 Å². The molecule has 0 aliphatic heterocycles. The maximum atomic E-state index is 11.0. The number of aliphatic carboxylic acids is 1. The Morgan fingerprint density at radius 3 is 2.46 bits per heavy atom. The zero-order valence-corrected chi connectivity index (χ0v) is 7.41. The molecule has 0 unspecified atom stereocenters. The van der Waals surface area contributed by atoms with Gasteiger partial charge in [-0.2, -0.15) is 0 Å². The lowest BCUT2D eigenvalue weighted by molar-refractivity contribution is -0.142. The summed E-state index contributed by atoms with van der Waals surface area (Å²) >= 11 is 0. The molecule has 1 amide bonds. The highest BCUT2D eigenvalue weighted by Crippen LogP contribution is 1.84. The van der Waals surface area contributed by atoms with Gasteiger partial charge in [0, 0.05) is 13.0 Å². The third kappa shape index (κ3) is 5.15. The molecule has 0 heterocycles. The number of aliphatic hydroxyl groups is 1. The number of nitrogens with one attached hydrogen (secondary N) is 2. The molecule has 0 aliphatic rings. The van der Waals surface area contributed by atoms with Crippen molar-refractivity contribution in [3.05, 3.63) is 0 Å². The normalized spacial score (nSPS) is 12.2. The predicted molar refractivity (Wildman–Crippen MR) is 45.2 cm³/mol. The number of hydrogen-bond donors (Lipinski definition) is 4. The van der Waals surface area contributed by atoms with E-state index >= 15 is 0 Å². The van der Waals surface area contributed by atoms with Gasteiger partial charge in [-0.25, -0.2) is 4.79 Å². The SMILES string of the molecule is CNCCC(=O)N[C@@H](CO)C(=O)O. The Morgan fingerprint density at radius 1 is 1.46 bits per heavy atom. The van der Waals surface area contributed by atoms with Gasteiger partial charge in [0.25, 0.3) is 0 Å². The van der Waals surface area contributed by atoms with Gasteiger partial charge >= 0.3 is 5.97 Å². The van der Waals surface area contributed by atoms with E-state index in [-0.39, 0.29) is 6.42 Å². The first kappa shape index (κ1) is 11.9. The van der Waals surface area contributed by atoms with Crippen LogP contribution in [-0.4, -0.2) is 48.3 Å². The molecule has 76 valence electrons. The van der Waals surface area contributed by atoms with E-state index in [4.69, 9.17) is 10.2 Å². The van der Waals surface area contributed by atoms with Gasteiger partial charge in [-0.05, 0) is 7.05 Å². The van der Waals surface area contributed by atoms with E-state index in [9.17, 15) is 9.59 Å².